The van der Waals surface area contributed by atoms with Gasteiger partial charge in [-0.3, -0.25) is 17.0 Å². The molecule has 0 saturated carbocycles. The van der Waals surface area contributed by atoms with Crippen LogP contribution < -0.4 is 31.2 Å². The molecule has 0 saturated heterocycles. The van der Waals surface area contributed by atoms with E-state index in [1.165, 1.54) is 29.9 Å². The van der Waals surface area contributed by atoms with Crippen molar-refractivity contribution < 1.29 is 12.6 Å². The second-order valence-electron chi connectivity index (χ2n) is 14.6. The first kappa shape index (κ1) is 48.4. The molecule has 0 fully saturated rings. The Kier molecular flexibility index (Phi) is 18.6. The monoisotopic (exact) mass is 835 g/mol. The van der Waals surface area contributed by atoms with E-state index in [2.05, 4.69) is 101 Å². The third kappa shape index (κ3) is 13.9. The zero-order valence-corrected chi connectivity index (χ0v) is 38.8. The number of benzene rings is 4. The first-order valence-electron chi connectivity index (χ1n) is 17.3. The van der Waals surface area contributed by atoms with Crippen LogP contribution in [-0.4, -0.2) is 67.7 Å². The smallest absolute Gasteiger partial charge is 0.261 e. The van der Waals surface area contributed by atoms with Crippen LogP contribution in [0.25, 0.3) is 0 Å². The minimum Gasteiger partial charge on any atom is -0.333 e. The SMILES string of the molecule is CC(C)(C)[Si](N=S(C)(=O)Cl)(c1ccccc1)c1ccccc1.CCS(C)(=N)=O.CN.CNS(C)(=O)=N[Si](c1ccccc1)(c1ccccc1)C(C)(C)C. The van der Waals surface area contributed by atoms with Gasteiger partial charge in [0.2, 0.25) is 0 Å². The summed E-state index contributed by atoms with van der Waals surface area (Å²) >= 11 is 0. The fourth-order valence-electron chi connectivity index (χ4n) is 5.82. The highest BCUT2D eigenvalue weighted by Gasteiger charge is 2.51. The minimum atomic E-state index is -2.75. The maximum atomic E-state index is 12.9. The Morgan fingerprint density at radius 1 is 0.604 bits per heavy atom. The Balaban J connectivity index is 0.000000442. The lowest BCUT2D eigenvalue weighted by molar-refractivity contribution is 0.673. The molecule has 4 rings (SSSR count). The van der Waals surface area contributed by atoms with Gasteiger partial charge in [0.05, 0.1) is 9.92 Å². The minimum absolute atomic E-state index is 0.120. The second-order valence-corrected chi connectivity index (χ2v) is 31.9. The zero-order chi connectivity index (χ0) is 40.8. The van der Waals surface area contributed by atoms with E-state index in [1.54, 1.807) is 20.2 Å². The summed E-state index contributed by atoms with van der Waals surface area (Å²) in [4.78, 5) is 0. The Hall–Kier alpha value is -2.63. The van der Waals surface area contributed by atoms with E-state index in [9.17, 15) is 12.6 Å². The van der Waals surface area contributed by atoms with Crippen LogP contribution in [0.5, 0.6) is 0 Å². The summed E-state index contributed by atoms with van der Waals surface area (Å²) in [6.07, 6.45) is 4.63. The van der Waals surface area contributed by atoms with Crippen LogP contribution in [-0.2, 0) is 28.6 Å². The van der Waals surface area contributed by atoms with Gasteiger partial charge < -0.3 is 5.73 Å². The van der Waals surface area contributed by atoms with E-state index < -0.39 is 45.1 Å². The van der Waals surface area contributed by atoms with Crippen molar-refractivity contribution in [2.24, 2.45) is 13.8 Å². The normalized spacial score (nSPS) is 15.1. The van der Waals surface area contributed by atoms with Gasteiger partial charge in [-0.15, -0.1) is 0 Å². The molecule has 4 aromatic carbocycles. The first-order valence-corrected chi connectivity index (χ1v) is 28.0. The topological polar surface area (TPSA) is 138 Å². The molecule has 53 heavy (non-hydrogen) atoms. The molecule has 4 N–H and O–H groups in total. The van der Waals surface area contributed by atoms with Crippen LogP contribution >= 0.6 is 10.7 Å². The Morgan fingerprint density at radius 3 is 1.00 bits per heavy atom. The van der Waals surface area contributed by atoms with Gasteiger partial charge in [0.15, 0.2) is 0 Å². The van der Waals surface area contributed by atoms with E-state index in [0.717, 1.165) is 10.4 Å². The molecule has 3 unspecified atom stereocenters. The number of nitrogens with one attached hydrogen (secondary N) is 2. The number of hydrogen-bond acceptors (Lipinski definition) is 7. The number of nitrogens with two attached hydrogens (primary N) is 1. The standard InChI is InChI=1S/C18H26N2OSSi.C17H22ClNOSSi.C3H9NOS.CH5N/c1-18(2,3)23(20-22(5,21)19-4,16-12-8-6-9-13-16)17-14-10-7-11-15-17;1-17(2,3)22(19-21(4,18)20,15-11-7-5-8-12-15)16-13-9-6-10-14-16;1-3-6(2,4)5;1-2/h6-15H,1-5H3,(H,19,20,21);5-14H,1-4H3;4H,3H2,1-2H3;2H2,1H3. The van der Waals surface area contributed by atoms with Gasteiger partial charge in [0, 0.05) is 34.2 Å². The van der Waals surface area contributed by atoms with Gasteiger partial charge in [-0.25, -0.2) is 13.1 Å². The van der Waals surface area contributed by atoms with Crippen LogP contribution in [0.1, 0.15) is 48.5 Å². The molecule has 0 amide bonds. The molecule has 0 aliphatic carbocycles. The number of halogens is 1. The van der Waals surface area contributed by atoms with E-state index in [4.69, 9.17) is 23.5 Å². The summed E-state index contributed by atoms with van der Waals surface area (Å²) < 4.78 is 55.0. The summed E-state index contributed by atoms with van der Waals surface area (Å²) in [5.41, 5.74) is 4.50. The molecule has 8 nitrogen and oxygen atoms in total. The third-order valence-corrected chi connectivity index (χ3v) is 24.9. The van der Waals surface area contributed by atoms with Crippen molar-refractivity contribution in [2.75, 3.05) is 38.6 Å². The average molecular weight is 837 g/mol. The second kappa shape index (κ2) is 20.3. The van der Waals surface area contributed by atoms with Gasteiger partial charge in [0.1, 0.15) is 8.94 Å². The molecule has 0 radical (unpaired) electrons. The molecule has 0 aliphatic rings. The van der Waals surface area contributed by atoms with Crippen molar-refractivity contribution in [3.8, 4) is 0 Å². The number of nitrogens with zero attached hydrogens (tertiary/aromatic N) is 2. The predicted molar refractivity (Wildman–Crippen MR) is 241 cm³/mol. The maximum absolute atomic E-state index is 12.9. The van der Waals surface area contributed by atoms with Crippen molar-refractivity contribution in [1.82, 2.24) is 4.72 Å². The fraction of sp³-hybridized carbons (Fsp3) is 0.385. The van der Waals surface area contributed by atoms with Gasteiger partial charge in [0.25, 0.3) is 16.5 Å². The van der Waals surface area contributed by atoms with Crippen molar-refractivity contribution in [3.63, 3.8) is 0 Å². The third-order valence-electron chi connectivity index (χ3n) is 8.48. The zero-order valence-electron chi connectivity index (χ0n) is 33.6. The number of rotatable bonds is 8. The molecular formula is C39H62ClN5O3S3Si2. The van der Waals surface area contributed by atoms with Crippen LogP contribution in [0.15, 0.2) is 129 Å². The quantitative estimate of drug-likeness (QED) is 0.132. The molecule has 0 aliphatic heterocycles. The molecule has 4 aromatic rings. The lowest BCUT2D eigenvalue weighted by Crippen LogP contribution is -2.63. The summed E-state index contributed by atoms with van der Waals surface area (Å²) in [5, 5.41) is 4.34. The van der Waals surface area contributed by atoms with Crippen molar-refractivity contribution in [1.29, 1.82) is 4.78 Å². The van der Waals surface area contributed by atoms with Gasteiger partial charge in [-0.2, -0.15) is 0 Å². The van der Waals surface area contributed by atoms with E-state index in [1.807, 2.05) is 72.8 Å². The summed E-state index contributed by atoms with van der Waals surface area (Å²) in [6.45, 7) is 14.8. The van der Waals surface area contributed by atoms with E-state index in [-0.39, 0.29) is 10.1 Å². The lowest BCUT2D eigenvalue weighted by atomic mass is 10.2. The molecule has 294 valence electrons. The highest BCUT2D eigenvalue weighted by Crippen LogP contribution is 2.38. The molecule has 14 heteroatoms. The Bertz CT molecular complexity index is 1960. The van der Waals surface area contributed by atoms with Crippen LogP contribution in [0, 0.1) is 4.78 Å². The Morgan fingerprint density at radius 2 is 0.830 bits per heavy atom. The number of hydrogen-bond donors (Lipinski definition) is 3. The fourth-order valence-corrected chi connectivity index (χ4v) is 21.9. The Labute approximate surface area is 328 Å². The highest BCUT2D eigenvalue weighted by molar-refractivity contribution is 8.15. The van der Waals surface area contributed by atoms with Crippen molar-refractivity contribution in [3.05, 3.63) is 121 Å². The lowest BCUT2D eigenvalue weighted by Gasteiger charge is -2.40. The molecule has 0 aromatic heterocycles. The molecule has 0 spiro atoms. The molecule has 3 atom stereocenters. The molecular weight excluding hydrogens is 774 g/mol. The summed E-state index contributed by atoms with van der Waals surface area (Å²) in [5.74, 6) is 0.465. The summed E-state index contributed by atoms with van der Waals surface area (Å²) in [6, 6.07) is 41.0. The van der Waals surface area contributed by atoms with Crippen LogP contribution in [0.3, 0.4) is 0 Å². The predicted octanol–water partition coefficient (Wildman–Crippen LogP) is 6.83. The van der Waals surface area contributed by atoms with E-state index >= 15 is 0 Å². The summed E-state index contributed by atoms with van der Waals surface area (Å²) in [7, 11) is -3.34. The van der Waals surface area contributed by atoms with Gasteiger partial charge >= 0.3 is 0 Å². The molecule has 0 heterocycles. The van der Waals surface area contributed by atoms with Crippen molar-refractivity contribution >= 4 is 76.5 Å². The maximum Gasteiger partial charge on any atom is 0.261 e. The van der Waals surface area contributed by atoms with E-state index in [0.29, 0.717) is 5.75 Å². The highest BCUT2D eigenvalue weighted by atomic mass is 35.7. The van der Waals surface area contributed by atoms with Crippen molar-refractivity contribution in [2.45, 2.75) is 58.5 Å². The van der Waals surface area contributed by atoms with Gasteiger partial charge in [-0.1, -0.05) is 170 Å². The first-order chi connectivity index (χ1) is 24.5. The largest absolute Gasteiger partial charge is 0.333 e. The van der Waals surface area contributed by atoms with Gasteiger partial charge in [-0.05, 0) is 55.6 Å². The van der Waals surface area contributed by atoms with Crippen LogP contribution in [0.4, 0.5) is 0 Å². The van der Waals surface area contributed by atoms with Crippen LogP contribution in [0.2, 0.25) is 10.1 Å². The molecule has 0 bridgehead atoms. The average Bonchev–Trinajstić information content (AvgIpc) is 3.11.